The van der Waals surface area contributed by atoms with Crippen LogP contribution in [0.25, 0.3) is 0 Å². The number of phenolic OH excluding ortho intramolecular Hbond substituents is 1. The number of aryl methyl sites for hydroxylation is 1. The van der Waals surface area contributed by atoms with Crippen LogP contribution in [0.2, 0.25) is 5.02 Å². The Labute approximate surface area is 153 Å². The molecular weight excluding hydrogens is 340 g/mol. The fourth-order valence-electron chi connectivity index (χ4n) is 3.41. The molecule has 1 aliphatic heterocycles. The molecule has 3 rings (SSSR count). The lowest BCUT2D eigenvalue weighted by molar-refractivity contribution is 0.0454. The Kier molecular flexibility index (Phi) is 6.02. The molecule has 0 saturated carbocycles. The summed E-state index contributed by atoms with van der Waals surface area (Å²) in [5.74, 6) is 2.01. The highest BCUT2D eigenvalue weighted by atomic mass is 35.5. The van der Waals surface area contributed by atoms with Crippen molar-refractivity contribution in [1.29, 1.82) is 0 Å². The summed E-state index contributed by atoms with van der Waals surface area (Å²) in [6.45, 7) is 6.45. The number of hydrogen-bond acceptors (Lipinski definition) is 5. The second-order valence-corrected chi connectivity index (χ2v) is 7.08. The van der Waals surface area contributed by atoms with Crippen molar-refractivity contribution in [1.82, 2.24) is 9.80 Å². The number of hydrogen-bond donors (Lipinski definition) is 2. The Balaban J connectivity index is 1.62. The Hall–Kier alpha value is -1.53. The van der Waals surface area contributed by atoms with Crippen molar-refractivity contribution < 1.29 is 14.6 Å². The smallest absolute Gasteiger partial charge is 0.134 e. The number of nitrogens with zero attached hydrogens (tertiary/aromatic N) is 2. The molecule has 2 aromatic rings. The fraction of sp³-hybridized carbons (Fsp3) is 0.474. The second-order valence-electron chi connectivity index (χ2n) is 6.67. The van der Waals surface area contributed by atoms with Crippen LogP contribution in [0.15, 0.2) is 34.7 Å². The van der Waals surface area contributed by atoms with Gasteiger partial charge in [0, 0.05) is 38.8 Å². The van der Waals surface area contributed by atoms with Gasteiger partial charge < -0.3 is 14.6 Å². The van der Waals surface area contributed by atoms with E-state index in [0.29, 0.717) is 5.02 Å². The monoisotopic (exact) mass is 364 g/mol. The van der Waals surface area contributed by atoms with Gasteiger partial charge in [0.15, 0.2) is 0 Å². The average molecular weight is 365 g/mol. The van der Waals surface area contributed by atoms with Crippen LogP contribution < -0.4 is 0 Å². The molecule has 0 aliphatic carbocycles. The van der Waals surface area contributed by atoms with E-state index in [1.807, 2.05) is 31.2 Å². The van der Waals surface area contributed by atoms with E-state index in [-0.39, 0.29) is 18.4 Å². The Morgan fingerprint density at radius 2 is 2.04 bits per heavy atom. The molecule has 1 saturated heterocycles. The normalized spacial score (nSPS) is 19.4. The number of rotatable bonds is 6. The fourth-order valence-corrected chi connectivity index (χ4v) is 3.61. The average Bonchev–Trinajstić information content (AvgIpc) is 2.99. The maximum absolute atomic E-state index is 9.55. The first-order valence-corrected chi connectivity index (χ1v) is 9.03. The van der Waals surface area contributed by atoms with Crippen molar-refractivity contribution in [3.8, 4) is 5.75 Å². The van der Waals surface area contributed by atoms with Gasteiger partial charge in [0.25, 0.3) is 0 Å². The summed E-state index contributed by atoms with van der Waals surface area (Å²) in [7, 11) is 0. The summed E-state index contributed by atoms with van der Waals surface area (Å²) in [5.41, 5.74) is 1.08. The molecule has 0 unspecified atom stereocenters. The number of furan rings is 1. The molecule has 1 aliphatic rings. The van der Waals surface area contributed by atoms with E-state index in [9.17, 15) is 10.2 Å². The second kappa shape index (κ2) is 8.23. The van der Waals surface area contributed by atoms with E-state index < -0.39 is 0 Å². The molecule has 0 amide bonds. The summed E-state index contributed by atoms with van der Waals surface area (Å²) in [6, 6.07) is 9.66. The van der Waals surface area contributed by atoms with Crippen LogP contribution in [0, 0.1) is 6.92 Å². The summed E-state index contributed by atoms with van der Waals surface area (Å²) in [6.07, 6.45) is 0.743. The number of halogens is 1. The topological polar surface area (TPSA) is 60.1 Å². The van der Waals surface area contributed by atoms with Crippen LogP contribution in [-0.2, 0) is 13.1 Å². The molecule has 0 radical (unpaired) electrons. The Morgan fingerprint density at radius 1 is 1.20 bits per heavy atom. The molecule has 0 bridgehead atoms. The van der Waals surface area contributed by atoms with Gasteiger partial charge in [-0.1, -0.05) is 17.7 Å². The van der Waals surface area contributed by atoms with Gasteiger partial charge in [-0.2, -0.15) is 0 Å². The molecular formula is C19H25ClN2O3. The number of aromatic hydroxyl groups is 1. The minimum absolute atomic E-state index is 0.113. The highest BCUT2D eigenvalue weighted by molar-refractivity contribution is 6.32. The standard InChI is InChI=1S/C19H25ClN2O3/c1-14-2-4-17(25-14)13-22-8-7-21(12-16(22)6-9-23)11-15-3-5-19(24)18(20)10-15/h2-5,10,16,23-24H,6-9,11-13H2,1H3/t16-/m1/s1. The van der Waals surface area contributed by atoms with Crippen molar-refractivity contribution in [2.45, 2.75) is 32.5 Å². The zero-order valence-electron chi connectivity index (χ0n) is 14.5. The zero-order chi connectivity index (χ0) is 17.8. The number of aliphatic hydroxyl groups is 1. The van der Waals surface area contributed by atoms with E-state index in [1.165, 1.54) is 0 Å². The van der Waals surface area contributed by atoms with Gasteiger partial charge in [-0.15, -0.1) is 0 Å². The third-order valence-corrected chi connectivity index (χ3v) is 5.03. The van der Waals surface area contributed by atoms with E-state index in [1.54, 1.807) is 6.07 Å². The van der Waals surface area contributed by atoms with E-state index in [4.69, 9.17) is 16.0 Å². The van der Waals surface area contributed by atoms with Gasteiger partial charge in [0.05, 0.1) is 11.6 Å². The molecule has 2 heterocycles. The molecule has 25 heavy (non-hydrogen) atoms. The lowest BCUT2D eigenvalue weighted by Gasteiger charge is -2.41. The molecule has 5 nitrogen and oxygen atoms in total. The molecule has 1 atom stereocenters. The summed E-state index contributed by atoms with van der Waals surface area (Å²) in [5, 5.41) is 19.4. The van der Waals surface area contributed by atoms with Gasteiger partial charge >= 0.3 is 0 Å². The van der Waals surface area contributed by atoms with Crippen molar-refractivity contribution in [2.24, 2.45) is 0 Å². The summed E-state index contributed by atoms with van der Waals surface area (Å²) in [4.78, 5) is 4.75. The van der Waals surface area contributed by atoms with E-state index >= 15 is 0 Å². The predicted octanol–water partition coefficient (Wildman–Crippen LogP) is 3.02. The van der Waals surface area contributed by atoms with Gasteiger partial charge in [-0.25, -0.2) is 0 Å². The Bertz CT molecular complexity index is 704. The SMILES string of the molecule is Cc1ccc(CN2CCN(Cc3ccc(O)c(Cl)c3)C[C@H]2CCO)o1. The lowest BCUT2D eigenvalue weighted by Crippen LogP contribution is -2.52. The molecule has 1 fully saturated rings. The highest BCUT2D eigenvalue weighted by Crippen LogP contribution is 2.25. The highest BCUT2D eigenvalue weighted by Gasteiger charge is 2.27. The van der Waals surface area contributed by atoms with Crippen molar-refractivity contribution in [2.75, 3.05) is 26.2 Å². The maximum Gasteiger partial charge on any atom is 0.134 e. The van der Waals surface area contributed by atoms with Crippen LogP contribution >= 0.6 is 11.6 Å². The summed E-state index contributed by atoms with van der Waals surface area (Å²) >= 11 is 6.01. The van der Waals surface area contributed by atoms with E-state index in [0.717, 1.165) is 56.2 Å². The van der Waals surface area contributed by atoms with Crippen LogP contribution in [0.5, 0.6) is 5.75 Å². The van der Waals surface area contributed by atoms with Crippen LogP contribution in [0.3, 0.4) is 0 Å². The first-order chi connectivity index (χ1) is 12.0. The summed E-state index contributed by atoms with van der Waals surface area (Å²) < 4.78 is 5.70. The van der Waals surface area contributed by atoms with Crippen molar-refractivity contribution in [3.63, 3.8) is 0 Å². The number of piperazine rings is 1. The Morgan fingerprint density at radius 3 is 2.72 bits per heavy atom. The molecule has 2 N–H and O–H groups in total. The third kappa shape index (κ3) is 4.76. The molecule has 6 heteroatoms. The van der Waals surface area contributed by atoms with E-state index in [2.05, 4.69) is 9.80 Å². The van der Waals surface area contributed by atoms with Gasteiger partial charge in [-0.05, 0) is 43.2 Å². The predicted molar refractivity (Wildman–Crippen MR) is 97.7 cm³/mol. The van der Waals surface area contributed by atoms with Gasteiger partial charge in [-0.3, -0.25) is 9.80 Å². The third-order valence-electron chi connectivity index (χ3n) is 4.72. The minimum Gasteiger partial charge on any atom is -0.506 e. The molecule has 1 aromatic heterocycles. The first kappa shape index (κ1) is 18.3. The number of phenols is 1. The van der Waals surface area contributed by atoms with Crippen molar-refractivity contribution >= 4 is 11.6 Å². The number of aliphatic hydroxyl groups excluding tert-OH is 1. The maximum atomic E-state index is 9.55. The number of benzene rings is 1. The van der Waals surface area contributed by atoms with Crippen molar-refractivity contribution in [3.05, 3.63) is 52.4 Å². The first-order valence-electron chi connectivity index (χ1n) is 8.65. The largest absolute Gasteiger partial charge is 0.506 e. The van der Waals surface area contributed by atoms with Crippen LogP contribution in [-0.4, -0.2) is 52.3 Å². The van der Waals surface area contributed by atoms with Crippen LogP contribution in [0.4, 0.5) is 0 Å². The minimum atomic E-state index is 0.113. The zero-order valence-corrected chi connectivity index (χ0v) is 15.2. The molecule has 136 valence electrons. The quantitative estimate of drug-likeness (QED) is 0.825. The van der Waals surface area contributed by atoms with Gasteiger partial charge in [0.2, 0.25) is 0 Å². The van der Waals surface area contributed by atoms with Crippen LogP contribution in [0.1, 0.15) is 23.5 Å². The molecule has 1 aromatic carbocycles. The van der Waals surface area contributed by atoms with Gasteiger partial charge in [0.1, 0.15) is 17.3 Å². The molecule has 0 spiro atoms. The lowest BCUT2D eigenvalue weighted by atomic mass is 10.1.